The molecule has 11 heteroatoms. The van der Waals surface area contributed by atoms with E-state index in [1.54, 1.807) is 18.5 Å². The standard InChI is InChI=1S/C21H13ClFN5O3S/c1-31-21-17(9-16(22)12-27-21)32(29,30)28-20-18(23)13(6-8-26-20)4-5-15-11-24-10-14-3-2-7-25-19(14)15/h2-3,6-12H,1H3,(H,26,28). The molecule has 0 aliphatic heterocycles. The summed E-state index contributed by atoms with van der Waals surface area (Å²) >= 11 is 5.85. The second kappa shape index (κ2) is 8.74. The van der Waals surface area contributed by atoms with Gasteiger partial charge in [-0.2, -0.15) is 0 Å². The number of halogens is 2. The SMILES string of the molecule is COc1ncc(Cl)cc1S(=O)(=O)Nc1nccc(C#Cc2cncc3cccnc23)c1F. The molecule has 0 aliphatic rings. The van der Waals surface area contributed by atoms with Crippen LogP contribution in [0.5, 0.6) is 5.88 Å². The van der Waals surface area contributed by atoms with Crippen molar-refractivity contribution < 1.29 is 17.5 Å². The minimum Gasteiger partial charge on any atom is -0.480 e. The Hall–Kier alpha value is -3.81. The summed E-state index contributed by atoms with van der Waals surface area (Å²) in [5.41, 5.74) is 1.05. The lowest BCUT2D eigenvalue weighted by molar-refractivity contribution is 0.385. The average Bonchev–Trinajstić information content (AvgIpc) is 2.79. The van der Waals surface area contributed by atoms with Gasteiger partial charge in [-0.25, -0.2) is 22.8 Å². The van der Waals surface area contributed by atoms with Gasteiger partial charge in [-0.3, -0.25) is 14.7 Å². The molecule has 0 unspecified atom stereocenters. The number of hydrogen-bond acceptors (Lipinski definition) is 7. The number of hydrogen-bond donors (Lipinski definition) is 1. The Labute approximate surface area is 187 Å². The van der Waals surface area contributed by atoms with E-state index in [-0.39, 0.29) is 21.4 Å². The summed E-state index contributed by atoms with van der Waals surface area (Å²) in [5.74, 6) is 3.83. The van der Waals surface area contributed by atoms with Crippen LogP contribution < -0.4 is 9.46 Å². The highest BCUT2D eigenvalue weighted by Gasteiger charge is 2.24. The zero-order valence-corrected chi connectivity index (χ0v) is 17.9. The summed E-state index contributed by atoms with van der Waals surface area (Å²) in [7, 11) is -3.06. The smallest absolute Gasteiger partial charge is 0.268 e. The highest BCUT2D eigenvalue weighted by atomic mass is 35.5. The molecule has 0 radical (unpaired) electrons. The van der Waals surface area contributed by atoms with Gasteiger partial charge in [0.15, 0.2) is 16.5 Å². The van der Waals surface area contributed by atoms with Gasteiger partial charge in [0.05, 0.1) is 28.8 Å². The fourth-order valence-electron chi connectivity index (χ4n) is 2.77. The van der Waals surface area contributed by atoms with Crippen LogP contribution in [0.4, 0.5) is 10.2 Å². The molecular formula is C21H13ClFN5O3S. The van der Waals surface area contributed by atoms with Crippen molar-refractivity contribution in [3.8, 4) is 17.7 Å². The van der Waals surface area contributed by atoms with Crippen molar-refractivity contribution in [2.75, 3.05) is 11.8 Å². The first-order valence-corrected chi connectivity index (χ1v) is 10.8. The second-order valence-electron chi connectivity index (χ2n) is 6.30. The van der Waals surface area contributed by atoms with Gasteiger partial charge >= 0.3 is 0 Å². The maximum absolute atomic E-state index is 15.0. The maximum atomic E-state index is 15.0. The van der Waals surface area contributed by atoms with Crippen LogP contribution in [0.3, 0.4) is 0 Å². The number of methoxy groups -OCH3 is 1. The number of anilines is 1. The summed E-state index contributed by atoms with van der Waals surface area (Å²) < 4.78 is 47.6. The zero-order valence-electron chi connectivity index (χ0n) is 16.4. The lowest BCUT2D eigenvalue weighted by Gasteiger charge is -2.11. The van der Waals surface area contributed by atoms with Crippen molar-refractivity contribution in [1.29, 1.82) is 0 Å². The number of nitrogens with zero attached hydrogens (tertiary/aromatic N) is 4. The molecule has 0 amide bonds. The van der Waals surface area contributed by atoms with E-state index in [0.717, 1.165) is 11.5 Å². The summed E-state index contributed by atoms with van der Waals surface area (Å²) in [6.45, 7) is 0. The van der Waals surface area contributed by atoms with E-state index in [1.165, 1.54) is 31.8 Å². The molecule has 0 saturated carbocycles. The van der Waals surface area contributed by atoms with E-state index >= 15 is 4.39 Å². The molecule has 0 spiro atoms. The molecule has 0 atom stereocenters. The number of sulfonamides is 1. The summed E-state index contributed by atoms with van der Waals surface area (Å²) in [6.07, 6.45) is 7.24. The highest BCUT2D eigenvalue weighted by molar-refractivity contribution is 7.92. The fourth-order valence-corrected chi connectivity index (χ4v) is 4.15. The van der Waals surface area contributed by atoms with Gasteiger partial charge in [-0.05, 0) is 24.3 Å². The number of aromatic nitrogens is 4. The summed E-state index contributed by atoms with van der Waals surface area (Å²) in [6, 6.07) is 6.07. The topological polar surface area (TPSA) is 107 Å². The number of nitrogens with one attached hydrogen (secondary N) is 1. The molecule has 0 saturated heterocycles. The molecule has 0 fully saturated rings. The second-order valence-corrected chi connectivity index (χ2v) is 8.39. The molecule has 0 bridgehead atoms. The van der Waals surface area contributed by atoms with E-state index in [4.69, 9.17) is 16.3 Å². The quantitative estimate of drug-likeness (QED) is 0.456. The lowest BCUT2D eigenvalue weighted by Crippen LogP contribution is -2.17. The highest BCUT2D eigenvalue weighted by Crippen LogP contribution is 2.27. The van der Waals surface area contributed by atoms with Crippen LogP contribution in [0.2, 0.25) is 5.02 Å². The van der Waals surface area contributed by atoms with Gasteiger partial charge in [-0.15, -0.1) is 0 Å². The predicted molar refractivity (Wildman–Crippen MR) is 116 cm³/mol. The van der Waals surface area contributed by atoms with Crippen LogP contribution in [0, 0.1) is 17.7 Å². The molecule has 4 heterocycles. The average molecular weight is 470 g/mol. The number of fused-ring (bicyclic) bond motifs is 1. The van der Waals surface area contributed by atoms with Crippen molar-refractivity contribution >= 4 is 38.3 Å². The van der Waals surface area contributed by atoms with Gasteiger partial charge in [0.25, 0.3) is 10.0 Å². The van der Waals surface area contributed by atoms with Crippen molar-refractivity contribution in [1.82, 2.24) is 19.9 Å². The zero-order chi connectivity index (χ0) is 22.7. The Morgan fingerprint density at radius 1 is 1.06 bits per heavy atom. The Kier molecular flexibility index (Phi) is 5.85. The van der Waals surface area contributed by atoms with Crippen LogP contribution in [-0.4, -0.2) is 35.5 Å². The molecule has 160 valence electrons. The van der Waals surface area contributed by atoms with Gasteiger partial charge in [0.2, 0.25) is 5.88 Å². The third-order valence-corrected chi connectivity index (χ3v) is 5.77. The molecule has 4 rings (SSSR count). The number of ether oxygens (including phenoxy) is 1. The molecule has 8 nitrogen and oxygen atoms in total. The first-order chi connectivity index (χ1) is 15.4. The molecule has 4 aromatic rings. The van der Waals surface area contributed by atoms with Crippen molar-refractivity contribution in [2.24, 2.45) is 0 Å². The molecule has 0 aromatic carbocycles. The minimum absolute atomic E-state index is 0.0662. The van der Waals surface area contributed by atoms with Gasteiger partial charge in [0, 0.05) is 36.4 Å². The Morgan fingerprint density at radius 2 is 1.88 bits per heavy atom. The molecule has 1 N–H and O–H groups in total. The van der Waals surface area contributed by atoms with Crippen LogP contribution in [0.15, 0.2) is 60.1 Å². The van der Waals surface area contributed by atoms with Gasteiger partial charge < -0.3 is 4.74 Å². The Bertz CT molecular complexity index is 1500. The van der Waals surface area contributed by atoms with Crippen LogP contribution in [0.25, 0.3) is 10.9 Å². The van der Waals surface area contributed by atoms with Gasteiger partial charge in [-0.1, -0.05) is 23.4 Å². The summed E-state index contributed by atoms with van der Waals surface area (Å²) in [4.78, 5) is 15.6. The molecule has 0 aliphatic carbocycles. The number of pyridine rings is 4. The predicted octanol–water partition coefficient (Wildman–Crippen LogP) is 3.42. The fraction of sp³-hybridized carbons (Fsp3) is 0.0476. The summed E-state index contributed by atoms with van der Waals surface area (Å²) in [5, 5.41) is 0.851. The van der Waals surface area contributed by atoms with E-state index in [2.05, 4.69) is 36.5 Å². The Morgan fingerprint density at radius 3 is 2.69 bits per heavy atom. The monoisotopic (exact) mass is 469 g/mol. The third-order valence-electron chi connectivity index (χ3n) is 4.23. The van der Waals surface area contributed by atoms with Crippen molar-refractivity contribution in [2.45, 2.75) is 4.90 Å². The minimum atomic E-state index is -4.31. The van der Waals surface area contributed by atoms with E-state index in [0.29, 0.717) is 11.1 Å². The number of rotatable bonds is 4. The lowest BCUT2D eigenvalue weighted by atomic mass is 10.1. The molecule has 32 heavy (non-hydrogen) atoms. The van der Waals surface area contributed by atoms with Crippen molar-refractivity contribution in [3.63, 3.8) is 0 Å². The van der Waals surface area contributed by atoms with Crippen molar-refractivity contribution in [3.05, 3.63) is 77.2 Å². The van der Waals surface area contributed by atoms with Gasteiger partial charge in [0.1, 0.15) is 0 Å². The molecular weight excluding hydrogens is 457 g/mol. The first kappa shape index (κ1) is 21.4. The normalized spacial score (nSPS) is 11.0. The van der Waals surface area contributed by atoms with E-state index < -0.39 is 21.7 Å². The third kappa shape index (κ3) is 4.30. The maximum Gasteiger partial charge on any atom is 0.268 e. The van der Waals surface area contributed by atoms with E-state index in [9.17, 15) is 8.42 Å². The van der Waals surface area contributed by atoms with Crippen LogP contribution in [-0.2, 0) is 10.0 Å². The molecule has 4 aromatic heterocycles. The van der Waals surface area contributed by atoms with Crippen LogP contribution in [0.1, 0.15) is 11.1 Å². The Balaban J connectivity index is 1.70. The largest absolute Gasteiger partial charge is 0.480 e. The first-order valence-electron chi connectivity index (χ1n) is 8.96. The van der Waals surface area contributed by atoms with E-state index in [1.807, 2.05) is 6.07 Å². The van der Waals surface area contributed by atoms with Crippen LogP contribution >= 0.6 is 11.6 Å².